The molecule has 1 aromatic rings. The van der Waals surface area contributed by atoms with Gasteiger partial charge < -0.3 is 14.2 Å². The number of nitrogens with zero attached hydrogens (tertiary/aromatic N) is 1. The van der Waals surface area contributed by atoms with E-state index in [1.54, 1.807) is 19.1 Å². The Balaban J connectivity index is 3.11. The van der Waals surface area contributed by atoms with Crippen molar-refractivity contribution >= 4 is 5.97 Å². The summed E-state index contributed by atoms with van der Waals surface area (Å²) in [6, 6.07) is 7.75. The van der Waals surface area contributed by atoms with Gasteiger partial charge in [0, 0.05) is 25.6 Å². The normalized spacial score (nSPS) is 13.3. The second-order valence-electron chi connectivity index (χ2n) is 5.09. The van der Waals surface area contributed by atoms with E-state index in [0.29, 0.717) is 25.2 Å². The molecule has 0 heterocycles. The molecule has 0 aromatic heterocycles. The standard InChI is InChI=1S/C18H24FNO4/c1-4-22-17(23-5-2)11-15(13-7-9-14(19)10-8-13)16(12-20)18(21)24-6-3/h7-10,15-17H,4-6,11H2,1-3H3. The van der Waals surface area contributed by atoms with Gasteiger partial charge in [-0.3, -0.25) is 4.79 Å². The van der Waals surface area contributed by atoms with Crippen molar-refractivity contribution < 1.29 is 23.4 Å². The van der Waals surface area contributed by atoms with Crippen molar-refractivity contribution in [2.45, 2.75) is 39.4 Å². The van der Waals surface area contributed by atoms with E-state index < -0.39 is 24.1 Å². The molecule has 0 fully saturated rings. The number of carbonyl (C=O) groups excluding carboxylic acids is 1. The minimum atomic E-state index is -1.01. The van der Waals surface area contributed by atoms with E-state index in [4.69, 9.17) is 14.2 Å². The fraction of sp³-hybridized carbons (Fsp3) is 0.556. The van der Waals surface area contributed by atoms with Gasteiger partial charge >= 0.3 is 5.97 Å². The Labute approximate surface area is 142 Å². The van der Waals surface area contributed by atoms with Crippen LogP contribution in [0.2, 0.25) is 0 Å². The third kappa shape index (κ3) is 5.91. The summed E-state index contributed by atoms with van der Waals surface area (Å²) in [5, 5.41) is 9.48. The van der Waals surface area contributed by atoms with Gasteiger partial charge in [-0.25, -0.2) is 4.39 Å². The molecule has 0 aliphatic carbocycles. The Kier molecular flexibility index (Phi) is 8.98. The Hall–Kier alpha value is -1.97. The first kappa shape index (κ1) is 20.1. The Morgan fingerprint density at radius 3 is 2.17 bits per heavy atom. The molecule has 2 unspecified atom stereocenters. The molecule has 2 atom stereocenters. The van der Waals surface area contributed by atoms with Crippen LogP contribution in [-0.4, -0.2) is 32.1 Å². The van der Waals surface area contributed by atoms with Crippen molar-refractivity contribution in [3.63, 3.8) is 0 Å². The molecule has 0 saturated carbocycles. The summed E-state index contributed by atoms with van der Waals surface area (Å²) >= 11 is 0. The quantitative estimate of drug-likeness (QED) is 0.483. The first-order valence-electron chi connectivity index (χ1n) is 8.12. The highest BCUT2D eigenvalue weighted by molar-refractivity contribution is 5.76. The van der Waals surface area contributed by atoms with Gasteiger partial charge in [0.2, 0.25) is 0 Å². The van der Waals surface area contributed by atoms with E-state index in [-0.39, 0.29) is 12.4 Å². The molecular formula is C18H24FNO4. The molecule has 5 nitrogen and oxygen atoms in total. The third-order valence-electron chi connectivity index (χ3n) is 3.53. The lowest BCUT2D eigenvalue weighted by Gasteiger charge is -2.26. The highest BCUT2D eigenvalue weighted by Crippen LogP contribution is 2.31. The van der Waals surface area contributed by atoms with Crippen molar-refractivity contribution in [3.05, 3.63) is 35.6 Å². The highest BCUT2D eigenvalue weighted by atomic mass is 19.1. The van der Waals surface area contributed by atoms with Crippen LogP contribution in [0.1, 0.15) is 38.7 Å². The third-order valence-corrected chi connectivity index (χ3v) is 3.53. The molecule has 24 heavy (non-hydrogen) atoms. The molecule has 0 saturated heterocycles. The summed E-state index contributed by atoms with van der Waals surface area (Å²) < 4.78 is 29.3. The first-order chi connectivity index (χ1) is 11.6. The fourth-order valence-electron chi connectivity index (χ4n) is 2.48. The summed E-state index contributed by atoms with van der Waals surface area (Å²) in [6.45, 7) is 6.43. The molecule has 0 bridgehead atoms. The van der Waals surface area contributed by atoms with Crippen LogP contribution in [0, 0.1) is 23.1 Å². The van der Waals surface area contributed by atoms with Crippen LogP contribution in [0.4, 0.5) is 4.39 Å². The van der Waals surface area contributed by atoms with Crippen molar-refractivity contribution in [2.24, 2.45) is 5.92 Å². The predicted octanol–water partition coefficient (Wildman–Crippen LogP) is 3.40. The van der Waals surface area contributed by atoms with Gasteiger partial charge in [-0.2, -0.15) is 5.26 Å². The SMILES string of the molecule is CCOC(=O)C(C#N)C(CC(OCC)OCC)c1ccc(F)cc1. The maximum atomic E-state index is 13.2. The maximum Gasteiger partial charge on any atom is 0.323 e. The zero-order valence-corrected chi connectivity index (χ0v) is 14.3. The van der Waals surface area contributed by atoms with Crippen molar-refractivity contribution in [1.29, 1.82) is 5.26 Å². The molecule has 0 spiro atoms. The number of esters is 1. The Morgan fingerprint density at radius 1 is 1.12 bits per heavy atom. The summed E-state index contributed by atoms with van der Waals surface area (Å²) in [4.78, 5) is 12.2. The summed E-state index contributed by atoms with van der Waals surface area (Å²) in [7, 11) is 0. The maximum absolute atomic E-state index is 13.2. The molecule has 0 amide bonds. The van der Waals surface area contributed by atoms with Gasteiger partial charge in [-0.1, -0.05) is 12.1 Å². The van der Waals surface area contributed by atoms with Crippen molar-refractivity contribution in [3.8, 4) is 6.07 Å². The second kappa shape index (κ2) is 10.7. The van der Waals surface area contributed by atoms with Crippen LogP contribution in [0.15, 0.2) is 24.3 Å². The molecule has 132 valence electrons. The van der Waals surface area contributed by atoms with Crippen LogP contribution >= 0.6 is 0 Å². The van der Waals surface area contributed by atoms with Crippen LogP contribution in [0.5, 0.6) is 0 Å². The average molecular weight is 337 g/mol. The molecule has 0 N–H and O–H groups in total. The van der Waals surface area contributed by atoms with E-state index in [9.17, 15) is 14.4 Å². The van der Waals surface area contributed by atoms with E-state index in [0.717, 1.165) is 0 Å². The number of hydrogen-bond acceptors (Lipinski definition) is 5. The molecule has 1 rings (SSSR count). The first-order valence-corrected chi connectivity index (χ1v) is 8.12. The minimum absolute atomic E-state index is 0.188. The number of halogens is 1. The molecule has 0 aliphatic rings. The van der Waals surface area contributed by atoms with Gasteiger partial charge in [0.15, 0.2) is 12.2 Å². The van der Waals surface area contributed by atoms with Crippen LogP contribution in [0.3, 0.4) is 0 Å². The highest BCUT2D eigenvalue weighted by Gasteiger charge is 2.33. The van der Waals surface area contributed by atoms with Crippen molar-refractivity contribution in [1.82, 2.24) is 0 Å². The number of nitriles is 1. The van der Waals surface area contributed by atoms with E-state index >= 15 is 0 Å². The predicted molar refractivity (Wildman–Crippen MR) is 86.5 cm³/mol. The minimum Gasteiger partial charge on any atom is -0.465 e. The van der Waals surface area contributed by atoms with Crippen LogP contribution in [-0.2, 0) is 19.0 Å². The number of hydrogen-bond donors (Lipinski definition) is 0. The molecule has 0 aliphatic heterocycles. The van der Waals surface area contributed by atoms with E-state index in [1.165, 1.54) is 12.1 Å². The number of carbonyl (C=O) groups is 1. The van der Waals surface area contributed by atoms with Gasteiger partial charge in [0.05, 0.1) is 12.7 Å². The summed E-state index contributed by atoms with van der Waals surface area (Å²) in [6.07, 6.45) is -0.259. The molecule has 1 aromatic carbocycles. The lowest BCUT2D eigenvalue weighted by atomic mass is 9.84. The monoisotopic (exact) mass is 337 g/mol. The molecule has 6 heteroatoms. The fourth-order valence-corrected chi connectivity index (χ4v) is 2.48. The largest absolute Gasteiger partial charge is 0.465 e. The number of rotatable bonds is 10. The lowest BCUT2D eigenvalue weighted by molar-refractivity contribution is -0.153. The molecule has 0 radical (unpaired) electrons. The topological polar surface area (TPSA) is 68.6 Å². The summed E-state index contributed by atoms with van der Waals surface area (Å²) in [5.41, 5.74) is 0.667. The Morgan fingerprint density at radius 2 is 1.71 bits per heavy atom. The Bertz CT molecular complexity index is 535. The van der Waals surface area contributed by atoms with Gasteiger partial charge in [-0.05, 0) is 38.5 Å². The van der Waals surface area contributed by atoms with E-state index in [1.807, 2.05) is 19.9 Å². The molecular weight excluding hydrogens is 313 g/mol. The lowest BCUT2D eigenvalue weighted by Crippen LogP contribution is -2.29. The zero-order chi connectivity index (χ0) is 17.9. The smallest absolute Gasteiger partial charge is 0.323 e. The van der Waals surface area contributed by atoms with Crippen LogP contribution < -0.4 is 0 Å². The summed E-state index contributed by atoms with van der Waals surface area (Å²) in [5.74, 6) is -2.51. The van der Waals surface area contributed by atoms with Crippen molar-refractivity contribution in [2.75, 3.05) is 19.8 Å². The second-order valence-corrected chi connectivity index (χ2v) is 5.09. The number of ether oxygens (including phenoxy) is 3. The van der Waals surface area contributed by atoms with E-state index in [2.05, 4.69) is 0 Å². The van der Waals surface area contributed by atoms with Gasteiger partial charge in [0.25, 0.3) is 0 Å². The van der Waals surface area contributed by atoms with Gasteiger partial charge in [0.1, 0.15) is 5.82 Å². The number of benzene rings is 1. The average Bonchev–Trinajstić information content (AvgIpc) is 2.56. The zero-order valence-electron chi connectivity index (χ0n) is 14.3. The van der Waals surface area contributed by atoms with Crippen LogP contribution in [0.25, 0.3) is 0 Å². The van der Waals surface area contributed by atoms with Gasteiger partial charge in [-0.15, -0.1) is 0 Å².